The van der Waals surface area contributed by atoms with Crippen LogP contribution in [0, 0.1) is 18.5 Å². The molecule has 0 amide bonds. The average Bonchev–Trinajstić information content (AvgIpc) is 3.95. The van der Waals surface area contributed by atoms with Crippen LogP contribution in [-0.2, 0) is 48.1 Å². The molecule has 0 saturated carbocycles. The third-order valence-corrected chi connectivity index (χ3v) is 15.8. The number of rotatable bonds is 6. The van der Waals surface area contributed by atoms with Crippen LogP contribution in [0.4, 0.5) is 0 Å². The minimum Gasteiger partial charge on any atom is -0.510 e. The molecule has 10 aromatic rings. The quantitative estimate of drug-likeness (QED) is 0.0946. The van der Waals surface area contributed by atoms with E-state index in [-0.39, 0.29) is 54.9 Å². The van der Waals surface area contributed by atoms with Crippen molar-refractivity contribution in [2.75, 3.05) is 0 Å². The number of fused-ring (bicyclic) bond motifs is 7. The first kappa shape index (κ1) is 53.8. The number of pyridine rings is 1. The Morgan fingerprint density at radius 1 is 0.519 bits per heavy atom. The predicted octanol–water partition coefficient (Wildman–Crippen LogP) is 15.3. The molecule has 402 valence electrons. The first-order chi connectivity index (χ1) is 36.7. The first-order valence-electron chi connectivity index (χ1n) is 27.4. The van der Waals surface area contributed by atoms with Crippen molar-refractivity contribution < 1.29 is 39.8 Å². The van der Waals surface area contributed by atoms with E-state index in [2.05, 4.69) is 235 Å². The molecule has 0 N–H and O–H groups in total. The van der Waals surface area contributed by atoms with Crippen LogP contribution in [0.2, 0.25) is 0 Å². The molecule has 9 heteroatoms. The molecule has 7 aromatic carbocycles. The summed E-state index contributed by atoms with van der Waals surface area (Å²) in [4.78, 5) is 5.01. The van der Waals surface area contributed by atoms with E-state index in [0.29, 0.717) is 11.5 Å². The summed E-state index contributed by atoms with van der Waals surface area (Å²) in [6, 6.07) is 53.1. The van der Waals surface area contributed by atoms with Gasteiger partial charge < -0.3 is 23.3 Å². The molecular weight excluding hydrogens is 1150 g/mol. The van der Waals surface area contributed by atoms with Gasteiger partial charge >= 0.3 is 0 Å². The van der Waals surface area contributed by atoms with Gasteiger partial charge in [-0.15, -0.1) is 29.7 Å². The Hall–Kier alpha value is -7.15. The zero-order valence-electron chi connectivity index (χ0n) is 48.3. The topological polar surface area (TPSA) is 54.3 Å². The van der Waals surface area contributed by atoms with Crippen LogP contribution >= 0.6 is 0 Å². The van der Waals surface area contributed by atoms with Gasteiger partial charge in [0.15, 0.2) is 0 Å². The number of benzene rings is 7. The zero-order chi connectivity index (χ0) is 55.0. The fourth-order valence-corrected chi connectivity index (χ4v) is 11.0. The Labute approximate surface area is 482 Å². The van der Waals surface area contributed by atoms with E-state index >= 15 is 0 Å². The van der Waals surface area contributed by atoms with Crippen molar-refractivity contribution >= 4 is 44.9 Å². The van der Waals surface area contributed by atoms with Gasteiger partial charge in [-0.25, -0.2) is 4.98 Å². The van der Waals surface area contributed by atoms with Crippen molar-refractivity contribution in [1.29, 1.82) is 0 Å². The summed E-state index contributed by atoms with van der Waals surface area (Å²) in [5.41, 5.74) is 15.2. The number of hydrogen-bond acceptors (Lipinski definition) is 4. The van der Waals surface area contributed by atoms with Crippen molar-refractivity contribution in [2.45, 2.75) is 131 Å². The number of hydrogen-bond donors (Lipinski definition) is 0. The predicted molar refractivity (Wildman–Crippen MR) is 319 cm³/mol. The largest absolute Gasteiger partial charge is 0.510 e. The maximum absolute atomic E-state index is 7.00. The van der Waals surface area contributed by atoms with Crippen molar-refractivity contribution in [3.8, 4) is 62.8 Å². The molecule has 7 nitrogen and oxygen atoms in total. The third kappa shape index (κ3) is 9.94. The molecule has 2 aliphatic heterocycles. The first-order valence-corrected chi connectivity index (χ1v) is 27.4. The van der Waals surface area contributed by atoms with Crippen LogP contribution in [0.1, 0.15) is 132 Å². The van der Waals surface area contributed by atoms with Gasteiger partial charge in [0, 0.05) is 62.1 Å². The van der Waals surface area contributed by atoms with Crippen molar-refractivity contribution in [2.24, 2.45) is 0 Å². The maximum atomic E-state index is 7.00. The maximum Gasteiger partial charge on any atom is 0.267 e. The normalized spacial score (nSPS) is 13.3. The zero-order valence-corrected chi connectivity index (χ0v) is 50.5. The van der Waals surface area contributed by atoms with E-state index in [4.69, 9.17) is 19.2 Å². The Morgan fingerprint density at radius 2 is 1.10 bits per heavy atom. The fourth-order valence-electron chi connectivity index (χ4n) is 11.0. The number of imidazole rings is 1. The standard InChI is InChI=1S/C70H69BN4O3.Pt/c1-66(2,3)45-20-24-56-60(37-45)77-62-32-44(33-63-65(62)71(56)57-25-21-46(67(4,5)6)38-61(57)78-63)43-19-26-58-55(31-43)54-23-22-53(41-59(54)75(58)64-39-47(27-28-72-64)68(7,8)9)76-52-18-16-17-50(40-52)73-29-30-74(42-73)51-35-48(69(10,11)12)34-49(36-51)70(13,14)15;/h16-39H,1-15H3;/q-2;. The smallest absolute Gasteiger partial charge is 0.267 e. The molecule has 0 bridgehead atoms. The molecule has 0 spiro atoms. The van der Waals surface area contributed by atoms with Gasteiger partial charge in [0.1, 0.15) is 28.8 Å². The van der Waals surface area contributed by atoms with E-state index in [1.165, 1.54) is 27.8 Å². The van der Waals surface area contributed by atoms with Gasteiger partial charge in [-0.05, 0) is 143 Å². The van der Waals surface area contributed by atoms with Crippen LogP contribution in [0.5, 0.6) is 34.5 Å². The Balaban J connectivity index is 0.00000660. The average molecular weight is 1220 g/mol. The Kier molecular flexibility index (Phi) is 13.0. The fraction of sp³-hybridized carbons (Fsp3) is 0.286. The second-order valence-corrected chi connectivity index (χ2v) is 26.7. The molecule has 3 aromatic heterocycles. The van der Waals surface area contributed by atoms with Gasteiger partial charge in [-0.3, -0.25) is 4.57 Å². The minimum atomic E-state index is -0.0930. The van der Waals surface area contributed by atoms with E-state index in [1.807, 2.05) is 47.4 Å². The molecule has 0 radical (unpaired) electrons. The van der Waals surface area contributed by atoms with E-state index in [1.54, 1.807) is 0 Å². The van der Waals surface area contributed by atoms with Crippen LogP contribution in [-0.4, -0.2) is 20.8 Å². The minimum absolute atomic E-state index is 0. The molecule has 5 heterocycles. The van der Waals surface area contributed by atoms with Crippen molar-refractivity contribution in [1.82, 2.24) is 14.1 Å². The molecule has 0 atom stereocenters. The van der Waals surface area contributed by atoms with Crippen LogP contribution < -0.4 is 35.2 Å². The summed E-state index contributed by atoms with van der Waals surface area (Å²) >= 11 is 0. The van der Waals surface area contributed by atoms with Crippen LogP contribution in [0.3, 0.4) is 0 Å². The third-order valence-electron chi connectivity index (χ3n) is 15.8. The molecule has 2 aliphatic rings. The summed E-state index contributed by atoms with van der Waals surface area (Å²) < 4.78 is 26.9. The van der Waals surface area contributed by atoms with Gasteiger partial charge in [0.2, 0.25) is 0 Å². The van der Waals surface area contributed by atoms with E-state index < -0.39 is 0 Å². The molecule has 0 unspecified atom stereocenters. The molecule has 0 fully saturated rings. The molecule has 0 aliphatic carbocycles. The second kappa shape index (κ2) is 19.0. The van der Waals surface area contributed by atoms with Crippen molar-refractivity contribution in [3.63, 3.8) is 0 Å². The summed E-state index contributed by atoms with van der Waals surface area (Å²) in [6.45, 7) is 33.7. The summed E-state index contributed by atoms with van der Waals surface area (Å²) in [5.74, 6) is 5.35. The Morgan fingerprint density at radius 3 is 1.70 bits per heavy atom. The summed E-state index contributed by atoms with van der Waals surface area (Å²) in [6.07, 6.45) is 9.52. The molecule has 0 saturated heterocycles. The number of ether oxygens (including phenoxy) is 3. The second-order valence-electron chi connectivity index (χ2n) is 26.7. The molecule has 79 heavy (non-hydrogen) atoms. The summed E-state index contributed by atoms with van der Waals surface area (Å²) in [5, 5.41) is 2.09. The monoisotopic (exact) mass is 1220 g/mol. The molecular formula is C70H69BN4O3Pt-2. The van der Waals surface area contributed by atoms with Crippen LogP contribution in [0.25, 0.3) is 50.1 Å². The van der Waals surface area contributed by atoms with Gasteiger partial charge in [-0.2, -0.15) is 18.2 Å². The SMILES string of the molecule is CC(C)(C)c1cc(-[n+]2[c-]n(-c3[c-]c(Oc4[c-]c5c(cc4)c4cc(-c6cc7c8c(c6)Oc6cc(C(C)(C)C)ccc6B8c6ccc(C(C)(C)C)cc6O7)ccc4n5-c4cc(C(C)(C)C)ccn4)ccc3)cc2)cc(C(C)(C)C)c1.[Pt]. The van der Waals surface area contributed by atoms with Gasteiger partial charge in [0.05, 0.1) is 5.69 Å². The van der Waals surface area contributed by atoms with E-state index in [0.717, 1.165) is 89.5 Å². The number of aromatic nitrogens is 4. The van der Waals surface area contributed by atoms with Crippen molar-refractivity contribution in [3.05, 3.63) is 192 Å². The summed E-state index contributed by atoms with van der Waals surface area (Å²) in [7, 11) is 0. The van der Waals surface area contributed by atoms with Gasteiger partial charge in [0.25, 0.3) is 13.0 Å². The van der Waals surface area contributed by atoms with E-state index in [9.17, 15) is 0 Å². The van der Waals surface area contributed by atoms with Crippen LogP contribution in [0.15, 0.2) is 146 Å². The van der Waals surface area contributed by atoms with Gasteiger partial charge in [-0.1, -0.05) is 152 Å². The molecule has 12 rings (SSSR count). The Bertz CT molecular complexity index is 3930. The number of nitrogens with zero attached hydrogens (tertiary/aromatic N) is 4.